The van der Waals surface area contributed by atoms with Crippen molar-refractivity contribution in [3.8, 4) is 11.1 Å². The minimum atomic E-state index is -0.323. The Kier molecular flexibility index (Phi) is 12.3. The first kappa shape index (κ1) is 41.7. The van der Waals surface area contributed by atoms with Gasteiger partial charge in [0.2, 0.25) is 0 Å². The van der Waals surface area contributed by atoms with E-state index in [0.717, 1.165) is 44.6 Å². The summed E-state index contributed by atoms with van der Waals surface area (Å²) in [6, 6.07) is 7.39. The Hall–Kier alpha value is -3.04. The van der Waals surface area contributed by atoms with Gasteiger partial charge in [0.05, 0.1) is 22.4 Å². The summed E-state index contributed by atoms with van der Waals surface area (Å²) in [6.07, 6.45) is 10.8. The molecule has 0 fully saturated rings. The van der Waals surface area contributed by atoms with Gasteiger partial charge in [0.1, 0.15) is 11.4 Å². The van der Waals surface area contributed by atoms with Gasteiger partial charge in [0.15, 0.2) is 11.6 Å². The van der Waals surface area contributed by atoms with Gasteiger partial charge in [0, 0.05) is 31.2 Å². The van der Waals surface area contributed by atoms with Crippen LogP contribution < -0.4 is 0 Å². The van der Waals surface area contributed by atoms with E-state index in [9.17, 15) is 9.59 Å². The number of azo groups is 2. The molecule has 2 aliphatic rings. The predicted octanol–water partition coefficient (Wildman–Crippen LogP) is 15.2. The molecule has 0 bridgehead atoms. The van der Waals surface area contributed by atoms with Crippen LogP contribution in [0.1, 0.15) is 83.1 Å². The summed E-state index contributed by atoms with van der Waals surface area (Å²) in [5, 5.41) is 18.3. The maximum atomic E-state index is 13.3. The van der Waals surface area contributed by atoms with E-state index in [1.807, 2.05) is 120 Å². The van der Waals surface area contributed by atoms with E-state index in [4.69, 9.17) is 23.2 Å². The first-order chi connectivity index (χ1) is 23.8. The Balaban J connectivity index is 1.63. The fourth-order valence-electron chi connectivity index (χ4n) is 5.64. The maximum absolute atomic E-state index is 13.3. The van der Waals surface area contributed by atoms with Crippen LogP contribution in [0.3, 0.4) is 0 Å². The number of carbonyl (C=O) groups excluding carboxylic acids is 2. The van der Waals surface area contributed by atoms with Gasteiger partial charge in [-0.25, -0.2) is 0 Å². The van der Waals surface area contributed by atoms with E-state index < -0.39 is 0 Å². The number of ketones is 2. The van der Waals surface area contributed by atoms with Gasteiger partial charge in [-0.05, 0) is 124 Å². The minimum Gasteiger partial charge on any atom is -0.289 e. The number of benzene rings is 2. The quantitative estimate of drug-likeness (QED) is 0.280. The third kappa shape index (κ3) is 9.73. The summed E-state index contributed by atoms with van der Waals surface area (Å²) in [7, 11) is 0. The van der Waals surface area contributed by atoms with E-state index in [-0.39, 0.29) is 33.2 Å². The third-order valence-electron chi connectivity index (χ3n) is 8.55. The molecule has 0 amide bonds. The zero-order valence-electron chi connectivity index (χ0n) is 31.9. The molecule has 0 radical (unpaired) electrons. The van der Waals surface area contributed by atoms with Crippen molar-refractivity contribution < 1.29 is 9.59 Å². The van der Waals surface area contributed by atoms with Gasteiger partial charge in [-0.15, -0.1) is 10.2 Å². The summed E-state index contributed by atoms with van der Waals surface area (Å²) in [5.41, 5.74) is 5.77. The molecule has 0 saturated carbocycles. The molecule has 2 aromatic carbocycles. The second kappa shape index (κ2) is 15.4. The first-order valence-electron chi connectivity index (χ1n) is 17.0. The van der Waals surface area contributed by atoms with Crippen LogP contribution >= 0.6 is 55.1 Å². The third-order valence-corrected chi connectivity index (χ3v) is 10.3. The second-order valence-electron chi connectivity index (χ2n) is 17.2. The summed E-state index contributed by atoms with van der Waals surface area (Å²) in [4.78, 5) is 26.5. The zero-order valence-corrected chi connectivity index (χ0v) is 36.6. The van der Waals surface area contributed by atoms with Crippen molar-refractivity contribution in [2.45, 2.75) is 83.1 Å². The van der Waals surface area contributed by atoms with Crippen LogP contribution in [0.2, 0.25) is 10.0 Å². The molecular weight excluding hydrogens is 823 g/mol. The molecule has 0 spiro atoms. The summed E-state index contributed by atoms with van der Waals surface area (Å²) >= 11 is 20.7. The molecule has 0 unspecified atom stereocenters. The van der Waals surface area contributed by atoms with Crippen molar-refractivity contribution in [2.24, 2.45) is 42.1 Å². The Morgan fingerprint density at radius 1 is 0.500 bits per heavy atom. The number of allylic oxidation sites excluding steroid dienone is 10. The zero-order chi connectivity index (χ0) is 39.1. The number of halogens is 4. The van der Waals surface area contributed by atoms with E-state index in [1.165, 1.54) is 0 Å². The summed E-state index contributed by atoms with van der Waals surface area (Å²) < 4.78 is 1.29. The van der Waals surface area contributed by atoms with Gasteiger partial charge in [-0.3, -0.25) is 9.59 Å². The van der Waals surface area contributed by atoms with E-state index in [2.05, 4.69) is 52.3 Å². The van der Waals surface area contributed by atoms with E-state index in [1.54, 1.807) is 24.5 Å². The van der Waals surface area contributed by atoms with Crippen LogP contribution in [0, 0.1) is 21.7 Å². The highest BCUT2D eigenvalue weighted by Gasteiger charge is 2.35. The summed E-state index contributed by atoms with van der Waals surface area (Å²) in [5.74, 6) is 0.126. The molecule has 2 aromatic rings. The van der Waals surface area contributed by atoms with E-state index >= 15 is 0 Å². The monoisotopic (exact) mass is 866 g/mol. The van der Waals surface area contributed by atoms with Gasteiger partial charge in [-0.2, -0.15) is 10.2 Å². The number of hydrogen-bond acceptors (Lipinski definition) is 6. The van der Waals surface area contributed by atoms with Crippen molar-refractivity contribution in [2.75, 3.05) is 0 Å². The smallest absolute Gasteiger partial charge is 0.186 e. The highest BCUT2D eigenvalue weighted by molar-refractivity contribution is 9.11. The molecule has 0 atom stereocenters. The van der Waals surface area contributed by atoms with Crippen LogP contribution in [0.5, 0.6) is 0 Å². The van der Waals surface area contributed by atoms with Crippen LogP contribution in [-0.4, -0.2) is 11.6 Å². The molecule has 0 saturated heterocycles. The molecule has 0 heterocycles. The Morgan fingerprint density at radius 3 is 1.00 bits per heavy atom. The van der Waals surface area contributed by atoms with Crippen molar-refractivity contribution in [1.29, 1.82) is 0 Å². The van der Waals surface area contributed by atoms with Crippen molar-refractivity contribution >= 4 is 78.0 Å². The molecule has 52 heavy (non-hydrogen) atoms. The van der Waals surface area contributed by atoms with Crippen LogP contribution in [0.4, 0.5) is 11.4 Å². The molecule has 2 aliphatic carbocycles. The Labute approximate surface area is 335 Å². The topological polar surface area (TPSA) is 83.6 Å². The van der Waals surface area contributed by atoms with Crippen molar-refractivity contribution in [3.63, 3.8) is 0 Å². The van der Waals surface area contributed by atoms with Crippen LogP contribution in [-0.2, 0) is 9.59 Å². The number of Topliss-reactive ketones (excluding diaryl/α,β-unsaturated/α-hetero) is 2. The molecule has 0 aliphatic heterocycles. The lowest BCUT2D eigenvalue weighted by Crippen LogP contribution is -2.27. The normalized spacial score (nSPS) is 16.4. The minimum absolute atomic E-state index is 0.0630. The van der Waals surface area contributed by atoms with Gasteiger partial charge < -0.3 is 0 Å². The predicted molar refractivity (Wildman–Crippen MR) is 223 cm³/mol. The Bertz CT molecular complexity index is 1820. The average Bonchev–Trinajstić information content (AvgIpc) is 2.98. The molecule has 10 heteroatoms. The van der Waals surface area contributed by atoms with Crippen molar-refractivity contribution in [3.05, 3.63) is 113 Å². The molecule has 4 rings (SSSR count). The highest BCUT2D eigenvalue weighted by atomic mass is 79.9. The molecule has 0 aromatic heterocycles. The fraction of sp³-hybridized carbons (Fsp3) is 0.381. The number of carbonyl (C=O) groups is 2. The molecule has 0 N–H and O–H groups in total. The number of hydrogen-bond donors (Lipinski definition) is 0. The van der Waals surface area contributed by atoms with Gasteiger partial charge in [-0.1, -0.05) is 106 Å². The van der Waals surface area contributed by atoms with Crippen molar-refractivity contribution in [1.82, 2.24) is 0 Å². The highest BCUT2D eigenvalue weighted by Crippen LogP contribution is 2.44. The Morgan fingerprint density at radius 2 is 0.769 bits per heavy atom. The average molecular weight is 870 g/mol. The molecule has 6 nitrogen and oxygen atoms in total. The van der Waals surface area contributed by atoms with Gasteiger partial charge in [0.25, 0.3) is 0 Å². The van der Waals surface area contributed by atoms with Gasteiger partial charge >= 0.3 is 0 Å². The SMILES string of the molecule is CC(C)(C)C1=CC(=CN=Nc2c(Cl)cc(-c3cc(Cl)c(N=NC=C4C=C(C(C)(C)C)C(=O)C(C(C)(C)C)=C4)c(Br)c3)cc2Br)C=C(C(C)(C)C)C1=O. The van der Waals surface area contributed by atoms with Crippen LogP contribution in [0.25, 0.3) is 11.1 Å². The standard InChI is InChI=1S/C42H46Br2Cl2N4O2/c1-39(2,3)27-13-23(14-28(37(27)51)40(4,5)6)21-47-49-35-31(43)17-25(19-33(35)45)26-18-32(44)36(34(46)20-26)50-48-22-24-15-29(41(7,8)9)38(52)30(16-24)42(10,11)12/h13-22H,1-12H3. The molecular formula is C42H46Br2Cl2N4O2. The lowest BCUT2D eigenvalue weighted by atomic mass is 9.72. The number of nitrogens with zero attached hydrogens (tertiary/aromatic N) is 4. The largest absolute Gasteiger partial charge is 0.289 e. The maximum Gasteiger partial charge on any atom is 0.186 e. The fourth-order valence-corrected chi connectivity index (χ4v) is 7.46. The second-order valence-corrected chi connectivity index (χ2v) is 19.7. The van der Waals surface area contributed by atoms with E-state index in [0.29, 0.717) is 30.4 Å². The number of rotatable bonds is 5. The lowest BCUT2D eigenvalue weighted by Gasteiger charge is -2.31. The molecule has 274 valence electrons. The lowest BCUT2D eigenvalue weighted by molar-refractivity contribution is -0.114. The first-order valence-corrected chi connectivity index (χ1v) is 19.3. The van der Waals surface area contributed by atoms with Crippen LogP contribution in [0.15, 0.2) is 124 Å². The summed E-state index contributed by atoms with van der Waals surface area (Å²) in [6.45, 7) is 24.4.